The summed E-state index contributed by atoms with van der Waals surface area (Å²) in [7, 11) is 1.26. The van der Waals surface area contributed by atoms with Crippen LogP contribution < -0.4 is 5.32 Å². The Kier molecular flexibility index (Phi) is 4.65. The van der Waals surface area contributed by atoms with Gasteiger partial charge < -0.3 is 15.0 Å². The Hall–Kier alpha value is -2.70. The summed E-state index contributed by atoms with van der Waals surface area (Å²) in [6.45, 7) is -0.114. The molecule has 7 nitrogen and oxygen atoms in total. The van der Waals surface area contributed by atoms with E-state index in [1.807, 2.05) is 0 Å². The summed E-state index contributed by atoms with van der Waals surface area (Å²) in [5.74, 6) is -1.02. The first-order chi connectivity index (χ1) is 10.1. The number of nitrogens with one attached hydrogen (secondary N) is 2. The SMILES string of the molecule is COC(=O)CCC(=O)CNC(=O)c1ccc2nc[nH]c2c1. The van der Waals surface area contributed by atoms with Crippen molar-refractivity contribution in [2.45, 2.75) is 12.8 Å². The molecule has 1 heterocycles. The Bertz CT molecular complexity index is 678. The predicted octanol–water partition coefficient (Wildman–Crippen LogP) is 0.815. The number of nitrogens with zero attached hydrogens (tertiary/aromatic N) is 1. The van der Waals surface area contributed by atoms with Gasteiger partial charge >= 0.3 is 5.97 Å². The van der Waals surface area contributed by atoms with Crippen molar-refractivity contribution in [3.8, 4) is 0 Å². The van der Waals surface area contributed by atoms with Gasteiger partial charge in [0.05, 0.1) is 37.4 Å². The van der Waals surface area contributed by atoms with Crippen LogP contribution in [-0.2, 0) is 14.3 Å². The van der Waals surface area contributed by atoms with Crippen LogP contribution in [0.2, 0.25) is 0 Å². The third-order valence-electron chi connectivity index (χ3n) is 2.96. The number of esters is 1. The maximum Gasteiger partial charge on any atom is 0.305 e. The summed E-state index contributed by atoms with van der Waals surface area (Å²) in [6.07, 6.45) is 1.61. The fraction of sp³-hybridized carbons (Fsp3) is 0.286. The minimum absolute atomic E-state index is 0.0192. The van der Waals surface area contributed by atoms with E-state index >= 15 is 0 Å². The van der Waals surface area contributed by atoms with Crippen molar-refractivity contribution in [3.05, 3.63) is 30.1 Å². The lowest BCUT2D eigenvalue weighted by molar-refractivity contribution is -0.141. The van der Waals surface area contributed by atoms with E-state index in [9.17, 15) is 14.4 Å². The first kappa shape index (κ1) is 14.7. The number of methoxy groups -OCH3 is 1. The van der Waals surface area contributed by atoms with E-state index in [2.05, 4.69) is 20.0 Å². The highest BCUT2D eigenvalue weighted by Gasteiger charge is 2.11. The topological polar surface area (TPSA) is 101 Å². The van der Waals surface area contributed by atoms with E-state index in [4.69, 9.17) is 0 Å². The average Bonchev–Trinajstić information content (AvgIpc) is 2.97. The number of aromatic nitrogens is 2. The van der Waals surface area contributed by atoms with Crippen LogP contribution >= 0.6 is 0 Å². The van der Waals surface area contributed by atoms with Gasteiger partial charge in [-0.1, -0.05) is 0 Å². The second-order valence-electron chi connectivity index (χ2n) is 4.43. The van der Waals surface area contributed by atoms with Crippen molar-refractivity contribution in [1.82, 2.24) is 15.3 Å². The summed E-state index contributed by atoms with van der Waals surface area (Å²) in [4.78, 5) is 41.3. The van der Waals surface area contributed by atoms with Crippen molar-refractivity contribution in [2.24, 2.45) is 0 Å². The van der Waals surface area contributed by atoms with E-state index in [1.54, 1.807) is 24.5 Å². The lowest BCUT2D eigenvalue weighted by Gasteiger charge is -2.04. The Morgan fingerprint density at radius 1 is 1.29 bits per heavy atom. The van der Waals surface area contributed by atoms with Gasteiger partial charge in [0.2, 0.25) is 0 Å². The van der Waals surface area contributed by atoms with E-state index in [1.165, 1.54) is 7.11 Å². The molecule has 2 rings (SSSR count). The molecule has 0 fully saturated rings. The number of H-pyrrole nitrogens is 1. The van der Waals surface area contributed by atoms with Crippen LogP contribution in [0.15, 0.2) is 24.5 Å². The highest BCUT2D eigenvalue weighted by molar-refractivity contribution is 5.99. The molecule has 2 aromatic rings. The molecule has 0 aliphatic carbocycles. The first-order valence-corrected chi connectivity index (χ1v) is 6.40. The Labute approximate surface area is 120 Å². The largest absolute Gasteiger partial charge is 0.469 e. The number of fused-ring (bicyclic) bond motifs is 1. The molecule has 110 valence electrons. The third kappa shape index (κ3) is 3.88. The smallest absolute Gasteiger partial charge is 0.305 e. The molecule has 1 aromatic heterocycles. The highest BCUT2D eigenvalue weighted by Crippen LogP contribution is 2.11. The number of ether oxygens (including phenoxy) is 1. The zero-order chi connectivity index (χ0) is 15.2. The molecule has 0 bridgehead atoms. The van der Waals surface area contributed by atoms with Gasteiger partial charge in [-0.2, -0.15) is 0 Å². The van der Waals surface area contributed by atoms with Crippen LogP contribution in [0.3, 0.4) is 0 Å². The van der Waals surface area contributed by atoms with Gasteiger partial charge in [-0.3, -0.25) is 14.4 Å². The molecule has 21 heavy (non-hydrogen) atoms. The molecular weight excluding hydrogens is 274 g/mol. The lowest BCUT2D eigenvalue weighted by Crippen LogP contribution is -2.29. The first-order valence-electron chi connectivity index (χ1n) is 6.40. The minimum atomic E-state index is -0.445. The molecule has 0 saturated carbocycles. The fourth-order valence-electron chi connectivity index (χ4n) is 1.79. The van der Waals surface area contributed by atoms with E-state index in [0.29, 0.717) is 5.56 Å². The zero-order valence-corrected chi connectivity index (χ0v) is 11.5. The van der Waals surface area contributed by atoms with E-state index in [-0.39, 0.29) is 31.1 Å². The molecule has 0 atom stereocenters. The van der Waals surface area contributed by atoms with Crippen LogP contribution in [0, 0.1) is 0 Å². The van der Waals surface area contributed by atoms with Crippen LogP contribution in [0.1, 0.15) is 23.2 Å². The number of Topliss-reactive ketones (excluding diaryl/α,β-unsaturated/α-hetero) is 1. The molecule has 0 unspecified atom stereocenters. The summed E-state index contributed by atoms with van der Waals surface area (Å²) in [5, 5.41) is 2.52. The van der Waals surface area contributed by atoms with Gasteiger partial charge in [-0.25, -0.2) is 4.98 Å². The van der Waals surface area contributed by atoms with Gasteiger partial charge in [-0.15, -0.1) is 0 Å². The number of carbonyl (C=O) groups is 3. The Morgan fingerprint density at radius 3 is 2.86 bits per heavy atom. The molecule has 0 radical (unpaired) electrons. The standard InChI is InChI=1S/C14H15N3O4/c1-21-13(19)5-3-10(18)7-15-14(20)9-2-4-11-12(6-9)17-8-16-11/h2,4,6,8H,3,5,7H2,1H3,(H,15,20)(H,16,17). The summed E-state index contributed by atoms with van der Waals surface area (Å²) in [6, 6.07) is 5.02. The highest BCUT2D eigenvalue weighted by atomic mass is 16.5. The van der Waals surface area contributed by atoms with Gasteiger partial charge in [0.25, 0.3) is 5.91 Å². The lowest BCUT2D eigenvalue weighted by atomic mass is 10.1. The molecular formula is C14H15N3O4. The molecule has 1 aromatic carbocycles. The van der Waals surface area contributed by atoms with Crippen molar-refractivity contribution in [1.29, 1.82) is 0 Å². The Morgan fingerprint density at radius 2 is 2.10 bits per heavy atom. The van der Waals surface area contributed by atoms with E-state index < -0.39 is 5.97 Å². The number of rotatable bonds is 6. The fourth-order valence-corrected chi connectivity index (χ4v) is 1.79. The van der Waals surface area contributed by atoms with Gasteiger partial charge in [0.1, 0.15) is 0 Å². The number of amides is 1. The quantitative estimate of drug-likeness (QED) is 0.766. The van der Waals surface area contributed by atoms with Gasteiger partial charge in [0.15, 0.2) is 5.78 Å². The summed E-state index contributed by atoms with van der Waals surface area (Å²) < 4.78 is 4.44. The van der Waals surface area contributed by atoms with Crippen molar-refractivity contribution in [2.75, 3.05) is 13.7 Å². The number of imidazole rings is 1. The number of carbonyl (C=O) groups excluding carboxylic acids is 3. The van der Waals surface area contributed by atoms with Crippen molar-refractivity contribution in [3.63, 3.8) is 0 Å². The molecule has 0 aliphatic rings. The van der Waals surface area contributed by atoms with Crippen molar-refractivity contribution >= 4 is 28.7 Å². The van der Waals surface area contributed by atoms with Crippen LogP contribution in [0.25, 0.3) is 11.0 Å². The number of benzene rings is 1. The van der Waals surface area contributed by atoms with Crippen LogP contribution in [-0.4, -0.2) is 41.3 Å². The van der Waals surface area contributed by atoms with Crippen molar-refractivity contribution < 1.29 is 19.1 Å². The van der Waals surface area contributed by atoms with E-state index in [0.717, 1.165) is 11.0 Å². The average molecular weight is 289 g/mol. The molecule has 0 saturated heterocycles. The summed E-state index contributed by atoms with van der Waals surface area (Å²) >= 11 is 0. The second kappa shape index (κ2) is 6.65. The second-order valence-corrected chi connectivity index (χ2v) is 4.43. The summed E-state index contributed by atoms with van der Waals surface area (Å²) in [5.41, 5.74) is 1.95. The molecule has 0 spiro atoms. The maximum atomic E-state index is 11.9. The zero-order valence-electron chi connectivity index (χ0n) is 11.5. The molecule has 2 N–H and O–H groups in total. The normalized spacial score (nSPS) is 10.3. The van der Waals surface area contributed by atoms with Crippen LogP contribution in [0.5, 0.6) is 0 Å². The van der Waals surface area contributed by atoms with Gasteiger partial charge in [0, 0.05) is 12.0 Å². The molecule has 7 heteroatoms. The van der Waals surface area contributed by atoms with Crippen LogP contribution in [0.4, 0.5) is 0 Å². The number of ketones is 1. The molecule has 1 amide bonds. The number of hydrogen-bond donors (Lipinski definition) is 2. The third-order valence-corrected chi connectivity index (χ3v) is 2.96. The maximum absolute atomic E-state index is 11.9. The number of aromatic amines is 1. The van der Waals surface area contributed by atoms with Gasteiger partial charge in [-0.05, 0) is 18.2 Å². The molecule has 0 aliphatic heterocycles. The predicted molar refractivity (Wildman–Crippen MR) is 74.7 cm³/mol. The monoisotopic (exact) mass is 289 g/mol. The number of hydrogen-bond acceptors (Lipinski definition) is 5. The Balaban J connectivity index is 1.86. The minimum Gasteiger partial charge on any atom is -0.469 e.